The van der Waals surface area contributed by atoms with Gasteiger partial charge in [-0.1, -0.05) is 152 Å². The molecule has 0 unspecified atom stereocenters. The topological polar surface area (TPSA) is 0 Å². The van der Waals surface area contributed by atoms with Gasteiger partial charge in [0.05, 0.1) is 10.8 Å². The summed E-state index contributed by atoms with van der Waals surface area (Å²) in [5.41, 5.74) is 12.7. The van der Waals surface area contributed by atoms with Crippen LogP contribution >= 0.6 is 45.4 Å². The Bertz CT molecular complexity index is 2450. The molecule has 0 fully saturated rings. The zero-order valence-electron chi connectivity index (χ0n) is 26.8. The molecule has 10 rings (SSSR count). The molecule has 236 valence electrons. The highest BCUT2D eigenvalue weighted by Crippen LogP contribution is 2.67. The maximum Gasteiger partial charge on any atom is 0.0827 e. The lowest BCUT2D eigenvalue weighted by atomic mass is 9.53. The van der Waals surface area contributed by atoms with Crippen molar-refractivity contribution in [1.29, 1.82) is 0 Å². The van der Waals surface area contributed by atoms with Crippen molar-refractivity contribution in [3.05, 3.63) is 208 Å². The fraction of sp³-hybridized carbons (Fsp3) is 0.0667. The maximum absolute atomic E-state index is 7.92. The van der Waals surface area contributed by atoms with E-state index in [1.165, 1.54) is 86.6 Å². The van der Waals surface area contributed by atoms with Crippen LogP contribution in [0.4, 0.5) is 0 Å². The summed E-state index contributed by atoms with van der Waals surface area (Å²) in [4.78, 5) is 0. The number of hydrogen-bond acceptors (Lipinski definition) is 3. The molecule has 49 heavy (non-hydrogen) atoms. The first kappa shape index (κ1) is 30.8. The first-order valence-corrected chi connectivity index (χ1v) is 19.8. The average molecular weight is 703 g/mol. The molecule has 0 N–H and O–H groups in total. The van der Waals surface area contributed by atoms with E-state index in [0.29, 0.717) is 0 Å². The second kappa shape index (κ2) is 11.7. The van der Waals surface area contributed by atoms with Gasteiger partial charge in [0.2, 0.25) is 0 Å². The van der Waals surface area contributed by atoms with Gasteiger partial charge < -0.3 is 0 Å². The van der Waals surface area contributed by atoms with Gasteiger partial charge in [-0.05, 0) is 85.7 Å². The molecular weight excluding hydrogens is 672 g/mol. The minimum atomic E-state index is -0.674. The molecule has 0 saturated heterocycles. The van der Waals surface area contributed by atoms with Crippen LogP contribution in [0.1, 0.15) is 44.5 Å². The zero-order chi connectivity index (χ0) is 33.3. The molecule has 0 saturated carbocycles. The number of fused-ring (bicyclic) bond motifs is 16. The fourth-order valence-corrected chi connectivity index (χ4v) is 10.6. The van der Waals surface area contributed by atoms with E-state index in [2.05, 4.69) is 158 Å². The van der Waals surface area contributed by atoms with Crippen molar-refractivity contribution in [2.45, 2.75) is 10.8 Å². The molecule has 1 heterocycles. The third kappa shape index (κ3) is 3.96. The zero-order valence-corrected chi connectivity index (χ0v) is 30.1. The molecule has 3 aliphatic carbocycles. The number of rotatable bonds is 2. The van der Waals surface area contributed by atoms with E-state index >= 15 is 0 Å². The van der Waals surface area contributed by atoms with E-state index < -0.39 is 10.8 Å². The molecule has 0 bridgehead atoms. The molecule has 1 aromatic heterocycles. The lowest BCUT2D eigenvalue weighted by Gasteiger charge is -2.48. The van der Waals surface area contributed by atoms with Crippen LogP contribution in [0.2, 0.25) is 0 Å². The van der Waals surface area contributed by atoms with Crippen LogP contribution in [-0.4, -0.2) is 6.26 Å². The predicted molar refractivity (Wildman–Crippen MR) is 218 cm³/mol. The molecule has 0 nitrogen and oxygen atoms in total. The monoisotopic (exact) mass is 702 g/mol. The summed E-state index contributed by atoms with van der Waals surface area (Å²) in [6.07, 6.45) is 7.91. The van der Waals surface area contributed by atoms with Crippen LogP contribution < -0.4 is 0 Å². The van der Waals surface area contributed by atoms with Crippen molar-refractivity contribution in [1.82, 2.24) is 0 Å². The van der Waals surface area contributed by atoms with E-state index in [1.807, 2.05) is 29.7 Å². The van der Waals surface area contributed by atoms with Crippen molar-refractivity contribution in [2.75, 3.05) is 6.26 Å². The van der Waals surface area contributed by atoms with Crippen LogP contribution in [0.3, 0.4) is 0 Å². The number of thiol groups is 1. The summed E-state index contributed by atoms with van der Waals surface area (Å²) < 4.78 is 2.58. The Morgan fingerprint density at radius 1 is 0.592 bits per heavy atom. The molecule has 0 radical (unpaired) electrons. The van der Waals surface area contributed by atoms with Gasteiger partial charge in [-0.15, -0.1) is 33.8 Å². The second-order valence-electron chi connectivity index (χ2n) is 12.7. The molecule has 3 aliphatic rings. The van der Waals surface area contributed by atoms with Crippen molar-refractivity contribution < 1.29 is 0 Å². The third-order valence-corrected chi connectivity index (χ3v) is 12.2. The molecule has 4 heteroatoms. The van der Waals surface area contributed by atoms with Gasteiger partial charge in [0.15, 0.2) is 0 Å². The van der Waals surface area contributed by atoms with Gasteiger partial charge in [-0.25, -0.2) is 0 Å². The van der Waals surface area contributed by atoms with Crippen molar-refractivity contribution in [3.63, 3.8) is 0 Å². The van der Waals surface area contributed by atoms with Crippen LogP contribution in [0.5, 0.6) is 0 Å². The number of halogens is 1. The Kier molecular flexibility index (Phi) is 7.34. The van der Waals surface area contributed by atoms with E-state index in [4.69, 9.17) is 11.6 Å². The van der Waals surface area contributed by atoms with E-state index in [0.717, 1.165) is 10.6 Å². The Morgan fingerprint density at radius 3 is 1.65 bits per heavy atom. The predicted octanol–water partition coefficient (Wildman–Crippen LogP) is 13.0. The molecule has 0 atom stereocenters. The molecule has 6 aromatic carbocycles. The van der Waals surface area contributed by atoms with Crippen molar-refractivity contribution in [2.24, 2.45) is 0 Å². The molecule has 2 spiro atoms. The summed E-state index contributed by atoms with van der Waals surface area (Å²) in [5, 5.41) is 3.41. The fourth-order valence-electron chi connectivity index (χ4n) is 8.98. The summed E-state index contributed by atoms with van der Waals surface area (Å²) in [5.74, 6) is 0. The van der Waals surface area contributed by atoms with Gasteiger partial charge in [-0.2, -0.15) is 0 Å². The molecular formula is C45H31ClS3. The third-order valence-electron chi connectivity index (χ3n) is 10.6. The van der Waals surface area contributed by atoms with E-state index in [9.17, 15) is 0 Å². The first-order chi connectivity index (χ1) is 24.1. The van der Waals surface area contributed by atoms with Crippen LogP contribution in [0.15, 0.2) is 163 Å². The SMILES string of the molecule is C=C/C=C\C1=C(Cl)C2(c3cc4sc5ccccc5c4cc31)c1ccccc1C1(c3ccccc3-c3ccccc31)c1ccccc12.CSS. The van der Waals surface area contributed by atoms with Gasteiger partial charge in [0.25, 0.3) is 0 Å². The lowest BCUT2D eigenvalue weighted by molar-refractivity contribution is 0.637. The number of allylic oxidation sites excluding steroid dienone is 5. The number of thiophene rings is 1. The van der Waals surface area contributed by atoms with Gasteiger partial charge in [0.1, 0.15) is 0 Å². The van der Waals surface area contributed by atoms with E-state index in [-0.39, 0.29) is 0 Å². The Balaban J connectivity index is 0.00000105. The van der Waals surface area contributed by atoms with Gasteiger partial charge >= 0.3 is 0 Å². The van der Waals surface area contributed by atoms with Crippen molar-refractivity contribution >= 4 is 71.1 Å². The minimum Gasteiger partial charge on any atom is -0.135 e. The highest BCUT2D eigenvalue weighted by Gasteiger charge is 2.59. The second-order valence-corrected chi connectivity index (χ2v) is 15.6. The van der Waals surface area contributed by atoms with Crippen LogP contribution in [0, 0.1) is 0 Å². The Morgan fingerprint density at radius 2 is 1.08 bits per heavy atom. The first-order valence-electron chi connectivity index (χ1n) is 16.3. The quantitative estimate of drug-likeness (QED) is 0.106. The Labute approximate surface area is 305 Å². The normalized spacial score (nSPS) is 15.6. The number of benzene rings is 6. The van der Waals surface area contributed by atoms with E-state index in [1.54, 1.807) is 0 Å². The maximum atomic E-state index is 7.92. The molecule has 0 amide bonds. The summed E-state index contributed by atoms with van der Waals surface area (Å²) >= 11 is 13.5. The van der Waals surface area contributed by atoms with Crippen LogP contribution in [0.25, 0.3) is 36.9 Å². The van der Waals surface area contributed by atoms with Crippen LogP contribution in [-0.2, 0) is 10.8 Å². The highest BCUT2D eigenvalue weighted by molar-refractivity contribution is 8.68. The average Bonchev–Trinajstić information content (AvgIpc) is 3.74. The minimum absolute atomic E-state index is 0.468. The number of hydrogen-bond donors (Lipinski definition) is 1. The van der Waals surface area contributed by atoms with Crippen molar-refractivity contribution in [3.8, 4) is 11.1 Å². The lowest BCUT2D eigenvalue weighted by Crippen LogP contribution is -2.43. The van der Waals surface area contributed by atoms with Gasteiger partial charge in [0, 0.05) is 25.2 Å². The standard InChI is InChI=1S/C44H27ClS.CH4S2/c1-2-3-14-30-31-25-32-29-17-6-13-24-40(29)46-41(32)26-39(31)44(42(30)45)37-22-11-9-20-35(37)43(36-21-10-12-23-38(36)44)33-18-7-4-15-27(33)28-16-5-8-19-34(28)43;1-3-2/h2-26H,1H2;2H,1H3/b14-3-;. The largest absolute Gasteiger partial charge is 0.135 e. The molecule has 0 aliphatic heterocycles. The summed E-state index contributed by atoms with van der Waals surface area (Å²) in [6, 6.07) is 49.7. The summed E-state index contributed by atoms with van der Waals surface area (Å²) in [7, 11) is 1.44. The smallest absolute Gasteiger partial charge is 0.0827 e. The Hall–Kier alpha value is -4.25. The van der Waals surface area contributed by atoms with Gasteiger partial charge in [-0.3, -0.25) is 0 Å². The molecule has 7 aromatic rings. The highest BCUT2D eigenvalue weighted by atomic mass is 35.5. The summed E-state index contributed by atoms with van der Waals surface area (Å²) in [6.45, 7) is 4.00.